The Morgan fingerprint density at radius 3 is 2.69 bits per heavy atom. The molecule has 1 rings (SSSR count). The average molecular weight is 247 g/mol. The molecule has 1 heterocycles. The van der Waals surface area contributed by atoms with E-state index in [9.17, 15) is 8.42 Å². The fourth-order valence-corrected chi connectivity index (χ4v) is 2.64. The number of hydrogen-bond donors (Lipinski definition) is 2. The standard InChI is InChI=1S/C10H21N3O2S/c1-2-3-4-12-16(14,15)10-9-13-7-5-11-6-8-13/h2,11-12H,1,3-10H2. The third-order valence-electron chi connectivity index (χ3n) is 2.56. The molecule has 6 heteroatoms. The zero-order valence-corrected chi connectivity index (χ0v) is 10.4. The number of piperazine rings is 1. The molecule has 1 saturated heterocycles. The number of rotatable bonds is 7. The largest absolute Gasteiger partial charge is 0.314 e. The maximum atomic E-state index is 11.6. The van der Waals surface area contributed by atoms with E-state index >= 15 is 0 Å². The van der Waals surface area contributed by atoms with Crippen LogP contribution in [0.25, 0.3) is 0 Å². The highest BCUT2D eigenvalue weighted by Crippen LogP contribution is 1.94. The molecule has 0 spiro atoms. The number of hydrogen-bond acceptors (Lipinski definition) is 4. The lowest BCUT2D eigenvalue weighted by Gasteiger charge is -2.26. The molecule has 0 aromatic heterocycles. The predicted molar refractivity (Wildman–Crippen MR) is 65.9 cm³/mol. The van der Waals surface area contributed by atoms with Gasteiger partial charge < -0.3 is 5.32 Å². The van der Waals surface area contributed by atoms with Gasteiger partial charge in [0.15, 0.2) is 0 Å². The smallest absolute Gasteiger partial charge is 0.212 e. The number of nitrogens with one attached hydrogen (secondary N) is 2. The lowest BCUT2D eigenvalue weighted by molar-refractivity contribution is 0.253. The minimum Gasteiger partial charge on any atom is -0.314 e. The third kappa shape index (κ3) is 5.60. The molecule has 5 nitrogen and oxygen atoms in total. The molecule has 94 valence electrons. The van der Waals surface area contributed by atoms with Crippen molar-refractivity contribution in [2.75, 3.05) is 45.0 Å². The van der Waals surface area contributed by atoms with Gasteiger partial charge in [-0.05, 0) is 6.42 Å². The van der Waals surface area contributed by atoms with E-state index in [1.807, 2.05) is 0 Å². The van der Waals surface area contributed by atoms with Crippen molar-refractivity contribution in [3.63, 3.8) is 0 Å². The van der Waals surface area contributed by atoms with Crippen molar-refractivity contribution in [3.8, 4) is 0 Å². The van der Waals surface area contributed by atoms with E-state index in [1.165, 1.54) is 0 Å². The van der Waals surface area contributed by atoms with Crippen LogP contribution in [0.2, 0.25) is 0 Å². The Bertz CT molecular complexity index is 297. The maximum Gasteiger partial charge on any atom is 0.212 e. The van der Waals surface area contributed by atoms with Crippen LogP contribution in [0.3, 0.4) is 0 Å². The molecule has 0 bridgehead atoms. The molecular weight excluding hydrogens is 226 g/mol. The van der Waals surface area contributed by atoms with Crippen LogP contribution in [-0.4, -0.2) is 58.3 Å². The Morgan fingerprint density at radius 1 is 1.38 bits per heavy atom. The summed E-state index contributed by atoms with van der Waals surface area (Å²) in [6, 6.07) is 0. The van der Waals surface area contributed by atoms with Gasteiger partial charge in [0, 0.05) is 39.3 Å². The van der Waals surface area contributed by atoms with E-state index in [-0.39, 0.29) is 5.75 Å². The van der Waals surface area contributed by atoms with Crippen molar-refractivity contribution in [3.05, 3.63) is 12.7 Å². The van der Waals surface area contributed by atoms with Crippen molar-refractivity contribution < 1.29 is 8.42 Å². The molecule has 0 aromatic rings. The van der Waals surface area contributed by atoms with Crippen LogP contribution >= 0.6 is 0 Å². The van der Waals surface area contributed by atoms with E-state index in [0.717, 1.165) is 26.2 Å². The minimum absolute atomic E-state index is 0.185. The summed E-state index contributed by atoms with van der Waals surface area (Å²) in [4.78, 5) is 2.17. The summed E-state index contributed by atoms with van der Waals surface area (Å²) in [6.45, 7) is 8.38. The molecule has 0 atom stereocenters. The fourth-order valence-electron chi connectivity index (χ4n) is 1.57. The van der Waals surface area contributed by atoms with Crippen molar-refractivity contribution >= 4 is 10.0 Å². The van der Waals surface area contributed by atoms with Crippen molar-refractivity contribution in [1.29, 1.82) is 0 Å². The summed E-state index contributed by atoms with van der Waals surface area (Å²) < 4.78 is 25.7. The zero-order valence-electron chi connectivity index (χ0n) is 9.61. The van der Waals surface area contributed by atoms with E-state index < -0.39 is 10.0 Å². The van der Waals surface area contributed by atoms with Crippen LogP contribution in [0.1, 0.15) is 6.42 Å². The van der Waals surface area contributed by atoms with Gasteiger partial charge in [-0.15, -0.1) is 6.58 Å². The van der Waals surface area contributed by atoms with Crippen molar-refractivity contribution in [2.24, 2.45) is 0 Å². The molecule has 16 heavy (non-hydrogen) atoms. The Balaban J connectivity index is 2.21. The first-order chi connectivity index (χ1) is 7.64. The second kappa shape index (κ2) is 7.01. The summed E-state index contributed by atoms with van der Waals surface area (Å²) in [5.74, 6) is 0.185. The normalized spacial score (nSPS) is 18.5. The summed E-state index contributed by atoms with van der Waals surface area (Å²) in [7, 11) is -3.11. The molecule has 0 saturated carbocycles. The lowest BCUT2D eigenvalue weighted by Crippen LogP contribution is -2.45. The highest BCUT2D eigenvalue weighted by Gasteiger charge is 2.14. The summed E-state index contributed by atoms with van der Waals surface area (Å²) in [5, 5.41) is 3.24. The first-order valence-corrected chi connectivity index (χ1v) is 7.30. The molecule has 0 amide bonds. The van der Waals surface area contributed by atoms with Gasteiger partial charge in [0.25, 0.3) is 0 Å². The molecule has 1 aliphatic rings. The third-order valence-corrected chi connectivity index (χ3v) is 3.92. The van der Waals surface area contributed by atoms with Gasteiger partial charge in [0.05, 0.1) is 5.75 Å². The minimum atomic E-state index is -3.11. The molecule has 0 aromatic carbocycles. The Labute approximate surface area is 97.9 Å². The lowest BCUT2D eigenvalue weighted by atomic mass is 10.4. The SMILES string of the molecule is C=CCCNS(=O)(=O)CCN1CCNCC1. The van der Waals surface area contributed by atoms with E-state index in [1.54, 1.807) is 6.08 Å². The van der Waals surface area contributed by atoms with Gasteiger partial charge >= 0.3 is 0 Å². The van der Waals surface area contributed by atoms with Crippen LogP contribution in [-0.2, 0) is 10.0 Å². The highest BCUT2D eigenvalue weighted by molar-refractivity contribution is 7.89. The number of nitrogens with zero attached hydrogens (tertiary/aromatic N) is 1. The van der Waals surface area contributed by atoms with Gasteiger partial charge in [0.2, 0.25) is 10.0 Å². The number of sulfonamides is 1. The van der Waals surface area contributed by atoms with Gasteiger partial charge in [-0.25, -0.2) is 13.1 Å². The van der Waals surface area contributed by atoms with Crippen LogP contribution in [0.4, 0.5) is 0 Å². The first kappa shape index (κ1) is 13.6. The Morgan fingerprint density at radius 2 is 2.06 bits per heavy atom. The summed E-state index contributed by atoms with van der Waals surface area (Å²) in [6.07, 6.45) is 2.38. The molecule has 2 N–H and O–H groups in total. The van der Waals surface area contributed by atoms with E-state index in [0.29, 0.717) is 19.5 Å². The molecular formula is C10H21N3O2S. The summed E-state index contributed by atoms with van der Waals surface area (Å²) in [5.41, 5.74) is 0. The second-order valence-electron chi connectivity index (χ2n) is 3.88. The van der Waals surface area contributed by atoms with Crippen LogP contribution in [0, 0.1) is 0 Å². The van der Waals surface area contributed by atoms with Crippen molar-refractivity contribution in [1.82, 2.24) is 14.9 Å². The Hall–Kier alpha value is -0.430. The second-order valence-corrected chi connectivity index (χ2v) is 5.81. The quantitative estimate of drug-likeness (QED) is 0.465. The van der Waals surface area contributed by atoms with Crippen LogP contribution in [0.15, 0.2) is 12.7 Å². The molecule has 0 aliphatic carbocycles. The van der Waals surface area contributed by atoms with Crippen LogP contribution < -0.4 is 10.0 Å². The van der Waals surface area contributed by atoms with Gasteiger partial charge in [-0.1, -0.05) is 6.08 Å². The Kier molecular flexibility index (Phi) is 5.97. The zero-order chi connectivity index (χ0) is 11.9. The topological polar surface area (TPSA) is 61.4 Å². The monoisotopic (exact) mass is 247 g/mol. The average Bonchev–Trinajstić information content (AvgIpc) is 2.28. The van der Waals surface area contributed by atoms with Crippen molar-refractivity contribution in [2.45, 2.75) is 6.42 Å². The van der Waals surface area contributed by atoms with E-state index in [4.69, 9.17) is 0 Å². The molecule has 1 aliphatic heterocycles. The van der Waals surface area contributed by atoms with E-state index in [2.05, 4.69) is 21.5 Å². The van der Waals surface area contributed by atoms with Gasteiger partial charge in [-0.3, -0.25) is 4.90 Å². The fraction of sp³-hybridized carbons (Fsp3) is 0.800. The van der Waals surface area contributed by atoms with Gasteiger partial charge in [-0.2, -0.15) is 0 Å². The van der Waals surface area contributed by atoms with Crippen LogP contribution in [0.5, 0.6) is 0 Å². The molecule has 0 unspecified atom stereocenters. The summed E-state index contributed by atoms with van der Waals surface area (Å²) >= 11 is 0. The van der Waals surface area contributed by atoms with Gasteiger partial charge in [0.1, 0.15) is 0 Å². The maximum absolute atomic E-state index is 11.6. The first-order valence-electron chi connectivity index (χ1n) is 5.65. The highest BCUT2D eigenvalue weighted by atomic mass is 32.2. The molecule has 0 radical (unpaired) electrons. The molecule has 1 fully saturated rings. The predicted octanol–water partition coefficient (Wildman–Crippen LogP) is -0.613.